The molecule has 0 aliphatic heterocycles. The van der Waals surface area contributed by atoms with E-state index in [1.807, 2.05) is 22.3 Å². The van der Waals surface area contributed by atoms with Crippen LogP contribution in [-0.4, -0.2) is 24.9 Å². The first kappa shape index (κ1) is 22.4. The van der Waals surface area contributed by atoms with Gasteiger partial charge in [-0.05, 0) is 110 Å². The zero-order valence-electron chi connectivity index (χ0n) is 27.0. The molecule has 0 saturated heterocycles. The molecule has 15 fully saturated rings. The average molecular weight is 624 g/mol. The Morgan fingerprint density at radius 3 is 2.47 bits per heavy atom. The summed E-state index contributed by atoms with van der Waals surface area (Å²) in [4.78, 5) is 0. The first-order chi connectivity index (χ1) is 21.9. The normalized spacial score (nSPS) is 82.9. The van der Waals surface area contributed by atoms with Crippen molar-refractivity contribution < 1.29 is 0 Å². The maximum Gasteiger partial charge on any atom is 0.102 e. The highest BCUT2D eigenvalue weighted by Gasteiger charge is 3.82. The van der Waals surface area contributed by atoms with E-state index in [1.54, 1.807) is 36.0 Å². The first-order valence-electron chi connectivity index (χ1n) is 19.8. The van der Waals surface area contributed by atoms with E-state index in [4.69, 9.17) is 31.0 Å². The third-order valence-corrected chi connectivity index (χ3v) is 25.3. The monoisotopic (exact) mass is 623 g/mol. The second-order valence-corrected chi connectivity index (χ2v) is 22.4. The summed E-state index contributed by atoms with van der Waals surface area (Å²) < 4.78 is 0. The van der Waals surface area contributed by atoms with Crippen LogP contribution in [0, 0.1) is 87.6 Å². The highest BCUT2D eigenvalue weighted by Crippen LogP contribution is 3.82. The molecule has 0 aromatic rings. The van der Waals surface area contributed by atoms with Crippen LogP contribution >= 0.6 is 25.3 Å². The molecule has 226 valence electrons. The summed E-state index contributed by atoms with van der Waals surface area (Å²) in [7, 11) is 2.42. The predicted octanol–water partition coefficient (Wildman–Crippen LogP) is 6.40. The number of rotatable bonds is 7. The van der Waals surface area contributed by atoms with Crippen LogP contribution < -0.4 is 5.73 Å². The standard InChI is InChI=1S/C41H42BNS2/c1-3-23(44)21-8-6-17(21)4-5-19(12-43)27-28-13-31(27,28)33-32(14-28)36(33)37(32)38(33,36)41-35-30-15-29(30,34(35)39(35,41)40(34,37)41)16(2)25(30)22-9-7-18-10-20(11-42)24(18)26(22)45/h16,20,23,26,44-45H,3-15,42-43H2,1-2H3/b25-22-,27-19-. The zero-order chi connectivity index (χ0) is 29.1. The summed E-state index contributed by atoms with van der Waals surface area (Å²) in [6.45, 7) is 5.89. The minimum absolute atomic E-state index is 0.497. The van der Waals surface area contributed by atoms with Gasteiger partial charge in [-0.1, -0.05) is 64.8 Å². The highest BCUT2D eigenvalue weighted by atomic mass is 32.1. The SMILES string of the molecule is BCC1CC2=C1C(S)/C(=C1/C(C)C34CC13C13C45C14C51C56C78CC9%10CC9(/C%10=C(\CN)CCC9=C(C(S)CC)CC9)C79C85C96C341)CC2. The molecular formula is C41H42BNS2. The van der Waals surface area contributed by atoms with Crippen LogP contribution in [0.1, 0.15) is 84.5 Å². The Balaban J connectivity index is 0.736. The maximum atomic E-state index is 6.65. The Morgan fingerprint density at radius 2 is 1.71 bits per heavy atom. The molecule has 15 saturated carbocycles. The number of hydrogen-bond acceptors (Lipinski definition) is 3. The second-order valence-electron chi connectivity index (χ2n) is 21.2. The summed E-state index contributed by atoms with van der Waals surface area (Å²) in [5.74, 6) is 1.77. The molecule has 0 aromatic carbocycles. The van der Waals surface area contributed by atoms with E-state index in [9.17, 15) is 0 Å². The van der Waals surface area contributed by atoms with Crippen LogP contribution in [0.4, 0.5) is 0 Å². The Bertz CT molecular complexity index is 2210. The van der Waals surface area contributed by atoms with Crippen molar-refractivity contribution in [2.24, 2.45) is 93.4 Å². The topological polar surface area (TPSA) is 26.0 Å². The van der Waals surface area contributed by atoms with Gasteiger partial charge in [0, 0.05) is 65.8 Å². The van der Waals surface area contributed by atoms with Gasteiger partial charge in [0.25, 0.3) is 0 Å². The summed E-state index contributed by atoms with van der Waals surface area (Å²) >= 11 is 10.4. The van der Waals surface area contributed by atoms with Crippen molar-refractivity contribution in [3.63, 3.8) is 0 Å². The number of hydrogen-bond donors (Lipinski definition) is 3. The Hall–Kier alpha value is -0.315. The maximum absolute atomic E-state index is 6.65. The number of nitrogens with two attached hydrogens (primary N) is 1. The van der Waals surface area contributed by atoms with Gasteiger partial charge in [-0.25, -0.2) is 0 Å². The van der Waals surface area contributed by atoms with E-state index >= 15 is 0 Å². The van der Waals surface area contributed by atoms with Crippen molar-refractivity contribution in [3.8, 4) is 0 Å². The molecule has 0 bridgehead atoms. The van der Waals surface area contributed by atoms with Gasteiger partial charge >= 0.3 is 0 Å². The molecule has 1 nitrogen and oxygen atoms in total. The van der Waals surface area contributed by atoms with Crippen LogP contribution in [0.5, 0.6) is 0 Å². The molecule has 0 amide bonds. The smallest absolute Gasteiger partial charge is 0.102 e. The van der Waals surface area contributed by atoms with Crippen molar-refractivity contribution in [3.05, 3.63) is 44.6 Å². The van der Waals surface area contributed by atoms with Gasteiger partial charge in [-0.2, -0.15) is 25.3 Å². The van der Waals surface area contributed by atoms with E-state index in [0.29, 0.717) is 15.9 Å². The Morgan fingerprint density at radius 1 is 0.933 bits per heavy atom. The molecule has 2 N–H and O–H groups in total. The number of thiol groups is 2. The van der Waals surface area contributed by atoms with Gasteiger partial charge in [0.2, 0.25) is 0 Å². The van der Waals surface area contributed by atoms with Gasteiger partial charge in [0.1, 0.15) is 7.85 Å². The molecule has 18 aliphatic carbocycles. The summed E-state index contributed by atoms with van der Waals surface area (Å²) in [6, 6.07) is 0. The summed E-state index contributed by atoms with van der Waals surface area (Å²) in [5, 5.41) is 1.00. The van der Waals surface area contributed by atoms with Crippen LogP contribution in [0.25, 0.3) is 0 Å². The van der Waals surface area contributed by atoms with E-state index in [-0.39, 0.29) is 0 Å². The largest absolute Gasteiger partial charge is 0.327 e. The molecular weight excluding hydrogens is 581 g/mol. The molecule has 10 spiro atoms. The van der Waals surface area contributed by atoms with Crippen LogP contribution in [-0.2, 0) is 0 Å². The lowest BCUT2D eigenvalue weighted by molar-refractivity contribution is -0.391. The van der Waals surface area contributed by atoms with E-state index < -0.39 is 0 Å². The highest BCUT2D eigenvalue weighted by molar-refractivity contribution is 7.81. The van der Waals surface area contributed by atoms with Crippen molar-refractivity contribution in [1.82, 2.24) is 0 Å². The second kappa shape index (κ2) is 4.52. The van der Waals surface area contributed by atoms with Crippen molar-refractivity contribution in [2.75, 3.05) is 6.54 Å². The van der Waals surface area contributed by atoms with Crippen molar-refractivity contribution in [2.45, 2.75) is 101 Å². The zero-order valence-corrected chi connectivity index (χ0v) is 28.8. The molecule has 0 radical (unpaired) electrons. The van der Waals surface area contributed by atoms with Crippen molar-refractivity contribution in [1.29, 1.82) is 0 Å². The third-order valence-electron chi connectivity index (χ3n) is 24.1. The fourth-order valence-corrected chi connectivity index (χ4v) is 26.6. The third kappa shape index (κ3) is 0.917. The van der Waals surface area contributed by atoms with Gasteiger partial charge in [0.15, 0.2) is 0 Å². The lowest BCUT2D eigenvalue weighted by Gasteiger charge is -2.85. The Kier molecular flexibility index (Phi) is 2.25. The van der Waals surface area contributed by atoms with E-state index in [1.165, 1.54) is 57.7 Å². The Labute approximate surface area is 277 Å². The average Bonchev–Trinajstić information content (AvgIpc) is 3.68. The molecule has 18 aliphatic rings. The lowest BCUT2D eigenvalue weighted by atomic mass is 9.16. The molecule has 45 heavy (non-hydrogen) atoms. The predicted molar refractivity (Wildman–Crippen MR) is 179 cm³/mol. The number of allylic oxidation sites excluding steroid dienone is 4. The van der Waals surface area contributed by atoms with E-state index in [2.05, 4.69) is 27.3 Å². The molecule has 18 rings (SSSR count). The van der Waals surface area contributed by atoms with Gasteiger partial charge < -0.3 is 5.73 Å². The molecule has 4 heteroatoms. The van der Waals surface area contributed by atoms with Gasteiger partial charge in [-0.3, -0.25) is 0 Å². The molecule has 18 unspecified atom stereocenters. The fraction of sp³-hybridized carbons (Fsp3) is 0.805. The van der Waals surface area contributed by atoms with Crippen LogP contribution in [0.3, 0.4) is 0 Å². The van der Waals surface area contributed by atoms with Crippen LogP contribution in [0.2, 0.25) is 6.32 Å². The molecule has 18 atom stereocenters. The fourth-order valence-electron chi connectivity index (χ4n) is 25.7. The first-order valence-corrected chi connectivity index (χ1v) is 20.9. The van der Waals surface area contributed by atoms with Crippen LogP contribution in [0.15, 0.2) is 44.6 Å². The minimum Gasteiger partial charge on any atom is -0.327 e. The minimum atomic E-state index is 0.497. The lowest BCUT2D eigenvalue weighted by Crippen LogP contribution is -2.84. The summed E-state index contributed by atoms with van der Waals surface area (Å²) in [6.07, 6.45) is 16.8. The van der Waals surface area contributed by atoms with E-state index in [0.717, 1.165) is 88.8 Å². The quantitative estimate of drug-likeness (QED) is 0.171. The summed E-state index contributed by atoms with van der Waals surface area (Å²) in [5.41, 5.74) is 33.8. The van der Waals surface area contributed by atoms with Crippen molar-refractivity contribution >= 4 is 33.1 Å². The van der Waals surface area contributed by atoms with Gasteiger partial charge in [0.05, 0.1) is 0 Å². The molecule has 0 aromatic heterocycles. The van der Waals surface area contributed by atoms with Gasteiger partial charge in [-0.15, -0.1) is 0 Å². The molecule has 0 heterocycles.